The van der Waals surface area contributed by atoms with E-state index in [1.54, 1.807) is 47.0 Å². The maximum absolute atomic E-state index is 13.7. The summed E-state index contributed by atoms with van der Waals surface area (Å²) in [5, 5.41) is 0.467. The van der Waals surface area contributed by atoms with Gasteiger partial charge >= 0.3 is 6.18 Å². The molecule has 5 rings (SSSR count). The summed E-state index contributed by atoms with van der Waals surface area (Å²) in [5.41, 5.74) is -0.0792. The number of para-hydroxylation sites is 1. The summed E-state index contributed by atoms with van der Waals surface area (Å²) < 4.78 is 74.2. The van der Waals surface area contributed by atoms with Crippen molar-refractivity contribution in [3.8, 4) is 11.4 Å². The van der Waals surface area contributed by atoms with E-state index >= 15 is 0 Å². The van der Waals surface area contributed by atoms with Crippen molar-refractivity contribution in [1.82, 2.24) is 18.8 Å². The Morgan fingerprint density at radius 1 is 0.951 bits per heavy atom. The molecule has 3 aromatic carbocycles. The molecule has 2 heterocycles. The van der Waals surface area contributed by atoms with Crippen LogP contribution in [0, 0.1) is 0 Å². The van der Waals surface area contributed by atoms with Gasteiger partial charge < -0.3 is 4.74 Å². The van der Waals surface area contributed by atoms with E-state index in [0.29, 0.717) is 53.9 Å². The lowest BCUT2D eigenvalue weighted by Crippen LogP contribution is -2.49. The maximum atomic E-state index is 13.7. The van der Waals surface area contributed by atoms with Crippen LogP contribution in [0.1, 0.15) is 31.3 Å². The number of aromatic nitrogens is 2. The Labute approximate surface area is 235 Å². The Morgan fingerprint density at radius 2 is 1.63 bits per heavy atom. The summed E-state index contributed by atoms with van der Waals surface area (Å²) in [6, 6.07) is 17.6. The molecule has 0 radical (unpaired) electrons. The van der Waals surface area contributed by atoms with Gasteiger partial charge in [-0.3, -0.25) is 14.3 Å². The van der Waals surface area contributed by atoms with E-state index in [2.05, 4.69) is 0 Å². The number of ether oxygens (including phenoxy) is 1. The number of halogens is 3. The highest BCUT2D eigenvalue weighted by Crippen LogP contribution is 2.32. The number of fused-ring (bicyclic) bond motifs is 1. The number of rotatable bonds is 7. The van der Waals surface area contributed by atoms with Gasteiger partial charge in [0.2, 0.25) is 10.0 Å². The molecule has 4 aromatic rings. The number of piperazine rings is 1. The van der Waals surface area contributed by atoms with Crippen molar-refractivity contribution in [2.24, 2.45) is 0 Å². The van der Waals surface area contributed by atoms with Crippen LogP contribution >= 0.6 is 0 Å². The lowest BCUT2D eigenvalue weighted by atomic mass is 10.1. The van der Waals surface area contributed by atoms with E-state index < -0.39 is 26.7 Å². The van der Waals surface area contributed by atoms with Crippen LogP contribution < -0.4 is 10.3 Å². The molecule has 12 heteroatoms. The third kappa shape index (κ3) is 5.72. The van der Waals surface area contributed by atoms with E-state index in [-0.39, 0.29) is 24.7 Å². The van der Waals surface area contributed by atoms with Crippen LogP contribution in [0.4, 0.5) is 13.2 Å². The number of benzene rings is 3. The molecule has 1 atom stereocenters. The molecule has 1 aliphatic rings. The van der Waals surface area contributed by atoms with Gasteiger partial charge in [0, 0.05) is 26.2 Å². The number of nitrogens with zero attached hydrogens (tertiary/aromatic N) is 4. The molecule has 41 heavy (non-hydrogen) atoms. The molecule has 216 valence electrons. The second-order valence-electron chi connectivity index (χ2n) is 9.70. The second-order valence-corrected chi connectivity index (χ2v) is 11.6. The highest BCUT2D eigenvalue weighted by atomic mass is 32.2. The lowest BCUT2D eigenvalue weighted by Gasteiger charge is -2.37. The predicted octanol–water partition coefficient (Wildman–Crippen LogP) is 4.87. The van der Waals surface area contributed by atoms with Gasteiger partial charge in [0.05, 0.1) is 39.7 Å². The summed E-state index contributed by atoms with van der Waals surface area (Å²) in [7, 11) is -4.13. The Morgan fingerprint density at radius 3 is 2.29 bits per heavy atom. The second kappa shape index (κ2) is 11.3. The molecule has 1 aliphatic heterocycles. The smallest absolute Gasteiger partial charge is 0.416 e. The van der Waals surface area contributed by atoms with Gasteiger partial charge in [0.1, 0.15) is 11.6 Å². The summed E-state index contributed by atoms with van der Waals surface area (Å²) >= 11 is 0. The molecular weight excluding hydrogens is 557 g/mol. The van der Waals surface area contributed by atoms with Crippen molar-refractivity contribution >= 4 is 20.9 Å². The van der Waals surface area contributed by atoms with Crippen LogP contribution in [0.25, 0.3) is 16.6 Å². The minimum Gasteiger partial charge on any atom is -0.494 e. The van der Waals surface area contributed by atoms with E-state index in [1.165, 1.54) is 10.4 Å². The number of alkyl halides is 3. The monoisotopic (exact) mass is 586 g/mol. The van der Waals surface area contributed by atoms with Crippen LogP contribution in [0.5, 0.6) is 5.75 Å². The van der Waals surface area contributed by atoms with Crippen molar-refractivity contribution in [3.63, 3.8) is 0 Å². The van der Waals surface area contributed by atoms with Gasteiger partial charge in [-0.05, 0) is 68.4 Å². The maximum Gasteiger partial charge on any atom is 0.416 e. The quantitative estimate of drug-likeness (QED) is 0.307. The molecule has 0 bridgehead atoms. The largest absolute Gasteiger partial charge is 0.494 e. The van der Waals surface area contributed by atoms with Crippen molar-refractivity contribution in [2.75, 3.05) is 32.8 Å². The van der Waals surface area contributed by atoms with Gasteiger partial charge in [-0.2, -0.15) is 17.5 Å². The van der Waals surface area contributed by atoms with Gasteiger partial charge in [-0.15, -0.1) is 0 Å². The fraction of sp³-hybridized carbons (Fsp3) is 0.310. The molecule has 0 amide bonds. The average Bonchev–Trinajstić information content (AvgIpc) is 2.97. The molecule has 1 aromatic heterocycles. The number of hydrogen-bond acceptors (Lipinski definition) is 6. The first-order valence-corrected chi connectivity index (χ1v) is 14.6. The molecular formula is C29H29F3N4O4S. The van der Waals surface area contributed by atoms with Gasteiger partial charge in [0.25, 0.3) is 5.56 Å². The zero-order valence-corrected chi connectivity index (χ0v) is 23.3. The molecule has 1 saturated heterocycles. The van der Waals surface area contributed by atoms with Crippen molar-refractivity contribution in [3.05, 3.63) is 94.5 Å². The lowest BCUT2D eigenvalue weighted by molar-refractivity contribution is -0.137. The fourth-order valence-electron chi connectivity index (χ4n) is 5.01. The first-order valence-electron chi connectivity index (χ1n) is 13.2. The topological polar surface area (TPSA) is 84.7 Å². The number of hydrogen-bond donors (Lipinski definition) is 0. The Bertz CT molecular complexity index is 1720. The highest BCUT2D eigenvalue weighted by Gasteiger charge is 2.35. The molecule has 0 spiro atoms. The van der Waals surface area contributed by atoms with E-state index in [9.17, 15) is 26.4 Å². The average molecular weight is 587 g/mol. The summed E-state index contributed by atoms with van der Waals surface area (Å²) in [6.45, 7) is 5.04. The Balaban J connectivity index is 1.43. The molecule has 8 nitrogen and oxygen atoms in total. The molecule has 1 unspecified atom stereocenters. The van der Waals surface area contributed by atoms with Crippen LogP contribution in [-0.2, 0) is 16.2 Å². The molecule has 0 N–H and O–H groups in total. The molecule has 0 saturated carbocycles. The van der Waals surface area contributed by atoms with E-state index in [1.807, 2.05) is 24.8 Å². The van der Waals surface area contributed by atoms with Crippen LogP contribution in [0.15, 0.2) is 82.5 Å². The first kappa shape index (κ1) is 28.8. The normalized spacial score (nSPS) is 16.1. The van der Waals surface area contributed by atoms with Crippen molar-refractivity contribution in [2.45, 2.75) is 31.0 Å². The van der Waals surface area contributed by atoms with Crippen LogP contribution in [-0.4, -0.2) is 60.0 Å². The third-order valence-corrected chi connectivity index (χ3v) is 9.10. The van der Waals surface area contributed by atoms with E-state index in [4.69, 9.17) is 9.72 Å². The van der Waals surface area contributed by atoms with Crippen LogP contribution in [0.3, 0.4) is 0 Å². The van der Waals surface area contributed by atoms with Crippen LogP contribution in [0.2, 0.25) is 0 Å². The zero-order valence-electron chi connectivity index (χ0n) is 22.5. The van der Waals surface area contributed by atoms with Gasteiger partial charge in [0.15, 0.2) is 0 Å². The third-order valence-electron chi connectivity index (χ3n) is 7.20. The molecule has 0 aliphatic carbocycles. The molecule has 1 fully saturated rings. The summed E-state index contributed by atoms with van der Waals surface area (Å²) in [5.74, 6) is 1.16. The van der Waals surface area contributed by atoms with Gasteiger partial charge in [-0.25, -0.2) is 13.4 Å². The Hall–Kier alpha value is -3.74. The van der Waals surface area contributed by atoms with Crippen molar-refractivity contribution in [1.29, 1.82) is 0 Å². The first-order chi connectivity index (χ1) is 19.5. The number of sulfonamides is 1. The minimum atomic E-state index is -4.65. The minimum absolute atomic E-state index is 0.0732. The Kier molecular flexibility index (Phi) is 7.91. The van der Waals surface area contributed by atoms with Gasteiger partial charge in [-0.1, -0.05) is 18.2 Å². The SMILES string of the molecule is CCOc1ccc(-n2c(C(C)N3CCN(S(=O)(=O)c4cccc(C(F)(F)F)c4)CC3)nc3ccccc3c2=O)cc1. The summed E-state index contributed by atoms with van der Waals surface area (Å²) in [4.78, 5) is 20.2. The predicted molar refractivity (Wildman–Crippen MR) is 149 cm³/mol. The van der Waals surface area contributed by atoms with E-state index in [0.717, 1.165) is 12.1 Å². The zero-order chi connectivity index (χ0) is 29.4. The summed E-state index contributed by atoms with van der Waals surface area (Å²) in [6.07, 6.45) is -4.65. The fourth-order valence-corrected chi connectivity index (χ4v) is 6.48. The standard InChI is InChI=1S/C29H29F3N4O4S/c1-3-40-23-13-11-22(12-14-23)36-27(33-26-10-5-4-9-25(26)28(36)37)20(2)34-15-17-35(18-16-34)41(38,39)24-8-6-7-21(19-24)29(30,31)32/h4-14,19-20H,3,15-18H2,1-2H3. The van der Waals surface area contributed by atoms with Crippen molar-refractivity contribution < 1.29 is 26.3 Å². The highest BCUT2D eigenvalue weighted by molar-refractivity contribution is 7.89.